The van der Waals surface area contributed by atoms with Gasteiger partial charge in [-0.3, -0.25) is 0 Å². The minimum atomic E-state index is 0.493. The first-order chi connectivity index (χ1) is 7.63. The molecule has 0 aliphatic carbocycles. The van der Waals surface area contributed by atoms with E-state index in [-0.39, 0.29) is 0 Å². The van der Waals surface area contributed by atoms with Crippen LogP contribution in [0.3, 0.4) is 0 Å². The number of aryl methyl sites for hydroxylation is 1. The van der Waals surface area contributed by atoms with Crippen LogP contribution in [0, 0.1) is 0 Å². The molecule has 1 aromatic rings. The Morgan fingerprint density at radius 2 is 2.12 bits per heavy atom. The Balaban J connectivity index is 2.26. The van der Waals surface area contributed by atoms with Crippen molar-refractivity contribution in [3.63, 3.8) is 0 Å². The lowest BCUT2D eigenvalue weighted by Crippen LogP contribution is -2.23. The maximum Gasteiger partial charge on any atom is 0.0386 e. The van der Waals surface area contributed by atoms with E-state index < -0.39 is 0 Å². The molecule has 1 aromatic heterocycles. The number of nitrogens with one attached hydrogen (secondary N) is 1. The van der Waals surface area contributed by atoms with E-state index in [9.17, 15) is 0 Å². The predicted molar refractivity (Wildman–Crippen MR) is 73.3 cm³/mol. The number of rotatable bonds is 7. The van der Waals surface area contributed by atoms with E-state index in [1.165, 1.54) is 16.2 Å². The molecule has 3 heteroatoms. The second-order valence-corrected chi connectivity index (χ2v) is 5.69. The maximum absolute atomic E-state index is 3.58. The molecule has 0 spiro atoms. The number of hydrogen-bond acceptors (Lipinski definition) is 3. The first-order valence-electron chi connectivity index (χ1n) is 6.10. The van der Waals surface area contributed by atoms with Crippen molar-refractivity contribution in [3.05, 3.63) is 21.9 Å². The van der Waals surface area contributed by atoms with Gasteiger partial charge in [-0.15, -0.1) is 11.3 Å². The number of thiophene rings is 1. The van der Waals surface area contributed by atoms with Crippen LogP contribution in [0.5, 0.6) is 0 Å². The minimum Gasteiger partial charge on any atom is -0.309 e. The molecule has 1 atom stereocenters. The lowest BCUT2D eigenvalue weighted by atomic mass is 10.2. The zero-order valence-corrected chi connectivity index (χ0v) is 11.7. The van der Waals surface area contributed by atoms with Gasteiger partial charge in [-0.1, -0.05) is 6.92 Å². The molecule has 0 bridgehead atoms. The van der Waals surface area contributed by atoms with E-state index in [1.54, 1.807) is 0 Å². The monoisotopic (exact) mass is 240 g/mol. The Kier molecular flexibility index (Phi) is 6.03. The van der Waals surface area contributed by atoms with Crippen LogP contribution in [0.1, 0.15) is 36.1 Å². The highest BCUT2D eigenvalue weighted by atomic mass is 32.1. The van der Waals surface area contributed by atoms with E-state index in [0.29, 0.717) is 6.04 Å². The van der Waals surface area contributed by atoms with Gasteiger partial charge < -0.3 is 10.2 Å². The molecule has 0 fully saturated rings. The van der Waals surface area contributed by atoms with Crippen molar-refractivity contribution in [3.8, 4) is 0 Å². The normalized spacial score (nSPS) is 13.3. The molecule has 16 heavy (non-hydrogen) atoms. The van der Waals surface area contributed by atoms with E-state index in [1.807, 2.05) is 11.3 Å². The van der Waals surface area contributed by atoms with Gasteiger partial charge in [0.1, 0.15) is 0 Å². The van der Waals surface area contributed by atoms with Crippen molar-refractivity contribution in [2.75, 3.05) is 27.2 Å². The molecular weight excluding hydrogens is 216 g/mol. The quantitative estimate of drug-likeness (QED) is 0.737. The number of nitrogens with zero attached hydrogens (tertiary/aromatic N) is 1. The molecule has 0 aliphatic heterocycles. The van der Waals surface area contributed by atoms with Gasteiger partial charge in [0.15, 0.2) is 0 Å². The third-order valence-electron chi connectivity index (χ3n) is 2.69. The van der Waals surface area contributed by atoms with Crippen LogP contribution < -0.4 is 5.32 Å². The van der Waals surface area contributed by atoms with E-state index >= 15 is 0 Å². The summed E-state index contributed by atoms with van der Waals surface area (Å²) in [4.78, 5) is 5.17. The Hall–Kier alpha value is -0.380. The van der Waals surface area contributed by atoms with Gasteiger partial charge in [0.05, 0.1) is 0 Å². The van der Waals surface area contributed by atoms with Crippen LogP contribution >= 0.6 is 11.3 Å². The van der Waals surface area contributed by atoms with Crippen LogP contribution in [-0.2, 0) is 6.42 Å². The average molecular weight is 240 g/mol. The summed E-state index contributed by atoms with van der Waals surface area (Å²) in [5.41, 5.74) is 0. The van der Waals surface area contributed by atoms with Crippen LogP contribution in [-0.4, -0.2) is 32.1 Å². The summed E-state index contributed by atoms with van der Waals surface area (Å²) < 4.78 is 0. The topological polar surface area (TPSA) is 15.3 Å². The third-order valence-corrected chi connectivity index (χ3v) is 4.10. The molecule has 92 valence electrons. The first kappa shape index (κ1) is 13.7. The Morgan fingerprint density at radius 3 is 2.69 bits per heavy atom. The largest absolute Gasteiger partial charge is 0.309 e. The number of hydrogen-bond donors (Lipinski definition) is 1. The Morgan fingerprint density at radius 1 is 1.38 bits per heavy atom. The molecule has 0 radical (unpaired) electrons. The van der Waals surface area contributed by atoms with Crippen molar-refractivity contribution in [2.24, 2.45) is 0 Å². The molecule has 0 saturated heterocycles. The van der Waals surface area contributed by atoms with Crippen molar-refractivity contribution < 1.29 is 0 Å². The summed E-state index contributed by atoms with van der Waals surface area (Å²) in [6.07, 6.45) is 2.36. The fourth-order valence-corrected chi connectivity index (χ4v) is 2.61. The van der Waals surface area contributed by atoms with Crippen LogP contribution in [0.25, 0.3) is 0 Å². The predicted octanol–water partition coefficient (Wildman–Crippen LogP) is 2.91. The standard InChI is InChI=1S/C13H24N2S/c1-5-12-7-8-13(16-12)11(2)14-9-6-10-15(3)4/h7-8,11,14H,5-6,9-10H2,1-4H3. The highest BCUT2D eigenvalue weighted by Crippen LogP contribution is 2.23. The summed E-state index contributed by atoms with van der Waals surface area (Å²) in [6.45, 7) is 6.72. The molecule has 0 aliphatic rings. The van der Waals surface area contributed by atoms with Crippen LogP contribution in [0.4, 0.5) is 0 Å². The summed E-state index contributed by atoms with van der Waals surface area (Å²) >= 11 is 1.93. The second-order valence-electron chi connectivity index (χ2n) is 4.49. The third kappa shape index (κ3) is 4.64. The van der Waals surface area contributed by atoms with Gasteiger partial charge in [-0.25, -0.2) is 0 Å². The maximum atomic E-state index is 3.58. The fraction of sp³-hybridized carbons (Fsp3) is 0.692. The van der Waals surface area contributed by atoms with Crippen molar-refractivity contribution >= 4 is 11.3 Å². The molecule has 1 unspecified atom stereocenters. The molecule has 2 nitrogen and oxygen atoms in total. The van der Waals surface area contributed by atoms with E-state index in [2.05, 4.69) is 50.3 Å². The lowest BCUT2D eigenvalue weighted by Gasteiger charge is -2.14. The van der Waals surface area contributed by atoms with Crippen molar-refractivity contribution in [1.29, 1.82) is 0 Å². The fourth-order valence-electron chi connectivity index (χ4n) is 1.63. The average Bonchev–Trinajstić information content (AvgIpc) is 2.72. The molecule has 0 amide bonds. The van der Waals surface area contributed by atoms with Crippen LogP contribution in [0.15, 0.2) is 12.1 Å². The summed E-state index contributed by atoms with van der Waals surface area (Å²) in [6, 6.07) is 5.00. The van der Waals surface area contributed by atoms with E-state index in [4.69, 9.17) is 0 Å². The zero-order chi connectivity index (χ0) is 12.0. The molecule has 1 rings (SSSR count). The van der Waals surface area contributed by atoms with Gasteiger partial charge >= 0.3 is 0 Å². The highest BCUT2D eigenvalue weighted by Gasteiger charge is 2.06. The zero-order valence-electron chi connectivity index (χ0n) is 10.9. The van der Waals surface area contributed by atoms with Gasteiger partial charge in [0.2, 0.25) is 0 Å². The van der Waals surface area contributed by atoms with Crippen LogP contribution in [0.2, 0.25) is 0 Å². The smallest absolute Gasteiger partial charge is 0.0386 e. The molecule has 1 N–H and O–H groups in total. The van der Waals surface area contributed by atoms with Gasteiger partial charge in [-0.2, -0.15) is 0 Å². The summed E-state index contributed by atoms with van der Waals surface area (Å²) in [5.74, 6) is 0. The Bertz CT molecular complexity index is 294. The highest BCUT2D eigenvalue weighted by molar-refractivity contribution is 7.12. The summed E-state index contributed by atoms with van der Waals surface area (Å²) in [7, 11) is 4.24. The van der Waals surface area contributed by atoms with Gasteiger partial charge in [0, 0.05) is 15.8 Å². The van der Waals surface area contributed by atoms with Crippen molar-refractivity contribution in [2.45, 2.75) is 32.7 Å². The lowest BCUT2D eigenvalue weighted by molar-refractivity contribution is 0.389. The molecule has 1 heterocycles. The van der Waals surface area contributed by atoms with E-state index in [0.717, 1.165) is 19.5 Å². The molecule has 0 saturated carbocycles. The molecule has 0 aromatic carbocycles. The Labute approximate surface area is 104 Å². The minimum absolute atomic E-state index is 0.493. The SMILES string of the molecule is CCc1ccc(C(C)NCCCN(C)C)s1. The van der Waals surface area contributed by atoms with Crippen molar-refractivity contribution in [1.82, 2.24) is 10.2 Å². The summed E-state index contributed by atoms with van der Waals surface area (Å²) in [5, 5.41) is 3.58. The first-order valence-corrected chi connectivity index (χ1v) is 6.91. The second kappa shape index (κ2) is 7.05. The molecular formula is C13H24N2S. The van der Waals surface area contributed by atoms with Gasteiger partial charge in [-0.05, 0) is 59.1 Å². The van der Waals surface area contributed by atoms with Gasteiger partial charge in [0.25, 0.3) is 0 Å².